The smallest absolute Gasteiger partial charge is 0.262 e. The maximum absolute atomic E-state index is 13.4. The van der Waals surface area contributed by atoms with Gasteiger partial charge in [0.25, 0.3) is 11.8 Å². The Labute approximate surface area is 366 Å². The first kappa shape index (κ1) is 40.8. The number of imide groups is 2. The highest BCUT2D eigenvalue weighted by atomic mass is 16.5. The van der Waals surface area contributed by atoms with Gasteiger partial charge in [0, 0.05) is 56.4 Å². The number of nitrogens with zero attached hydrogens (tertiary/aromatic N) is 9. The maximum Gasteiger partial charge on any atom is 0.262 e. The number of nitrogen functional groups attached to an aromatic ring is 1. The zero-order valence-electron chi connectivity index (χ0n) is 35.4. The summed E-state index contributed by atoms with van der Waals surface area (Å²) in [6.07, 6.45) is 7.36. The van der Waals surface area contributed by atoms with E-state index in [1.54, 1.807) is 18.5 Å². The molecule has 63 heavy (non-hydrogen) atoms. The lowest BCUT2D eigenvalue weighted by Crippen LogP contribution is -2.54. The second kappa shape index (κ2) is 17.5. The molecule has 5 aliphatic heterocycles. The number of aromatic nitrogens is 4. The number of piperazine rings is 1. The van der Waals surface area contributed by atoms with Crippen molar-refractivity contribution in [3.63, 3.8) is 0 Å². The van der Waals surface area contributed by atoms with E-state index in [0.29, 0.717) is 23.0 Å². The van der Waals surface area contributed by atoms with Gasteiger partial charge in [-0.05, 0) is 126 Å². The first-order chi connectivity index (χ1) is 30.8. The number of amides is 4. The second-order valence-electron chi connectivity index (χ2n) is 17.4. The van der Waals surface area contributed by atoms with Crippen LogP contribution in [-0.4, -0.2) is 141 Å². The van der Waals surface area contributed by atoms with E-state index >= 15 is 0 Å². The van der Waals surface area contributed by atoms with E-state index in [-0.39, 0.29) is 24.8 Å². The fourth-order valence-electron chi connectivity index (χ4n) is 10.2. The Morgan fingerprint density at radius 3 is 2.22 bits per heavy atom. The third-order valence-electron chi connectivity index (χ3n) is 13.6. The van der Waals surface area contributed by atoms with Gasteiger partial charge >= 0.3 is 0 Å². The third kappa shape index (κ3) is 8.25. The Balaban J connectivity index is 0.691. The number of ether oxygens (including phenoxy) is 1. The van der Waals surface area contributed by atoms with E-state index in [1.807, 2.05) is 60.7 Å². The van der Waals surface area contributed by atoms with Crippen LogP contribution in [0.5, 0.6) is 11.5 Å². The van der Waals surface area contributed by atoms with Crippen LogP contribution in [0.25, 0.3) is 22.3 Å². The van der Waals surface area contributed by atoms with E-state index in [1.165, 1.54) is 0 Å². The van der Waals surface area contributed by atoms with Crippen LogP contribution in [0.4, 0.5) is 11.5 Å². The molecule has 5 aliphatic rings. The molecule has 3 N–H and O–H groups in total. The Morgan fingerprint density at radius 2 is 1.46 bits per heavy atom. The van der Waals surface area contributed by atoms with Crippen molar-refractivity contribution in [2.24, 2.45) is 0 Å². The molecule has 4 saturated heterocycles. The fraction of sp³-hybridized carbons (Fsp3) is 0.426. The number of nitrogens with two attached hydrogens (primary N) is 1. The van der Waals surface area contributed by atoms with E-state index in [4.69, 9.17) is 20.6 Å². The molecule has 0 spiro atoms. The summed E-state index contributed by atoms with van der Waals surface area (Å²) in [6, 6.07) is 22.9. The fourth-order valence-corrected chi connectivity index (χ4v) is 10.2. The Hall–Kier alpha value is -6.23. The molecule has 16 heteroatoms. The Kier molecular flexibility index (Phi) is 11.3. The molecule has 0 radical (unpaired) electrons. The van der Waals surface area contributed by atoms with Gasteiger partial charge in [-0.3, -0.25) is 39.2 Å². The highest BCUT2D eigenvalue weighted by Crippen LogP contribution is 2.36. The van der Waals surface area contributed by atoms with Crippen LogP contribution < -0.4 is 20.7 Å². The molecule has 7 heterocycles. The van der Waals surface area contributed by atoms with Crippen molar-refractivity contribution < 1.29 is 23.9 Å². The number of para-hydroxylation sites is 1. The van der Waals surface area contributed by atoms with E-state index in [0.717, 1.165) is 142 Å². The topological polar surface area (TPSA) is 175 Å². The van der Waals surface area contributed by atoms with E-state index in [9.17, 15) is 19.2 Å². The number of carbonyl (C=O) groups is 4. The molecule has 16 nitrogen and oxygen atoms in total. The molecule has 0 bridgehead atoms. The number of fused-ring (bicyclic) bond motifs is 2. The molecule has 1 unspecified atom stereocenters. The number of piperidine rings is 3. The lowest BCUT2D eigenvalue weighted by molar-refractivity contribution is -0.136. The molecule has 5 aromatic rings. The normalized spacial score (nSPS) is 21.9. The maximum atomic E-state index is 13.4. The zero-order chi connectivity index (χ0) is 43.0. The van der Waals surface area contributed by atoms with Gasteiger partial charge in [-0.15, -0.1) is 0 Å². The number of hydrogen-bond donors (Lipinski definition) is 2. The second-order valence-corrected chi connectivity index (χ2v) is 17.4. The summed E-state index contributed by atoms with van der Waals surface area (Å²) in [5.74, 6) is 0.0450. The number of rotatable bonds is 11. The number of hydrogen-bond acceptors (Lipinski definition) is 13. The highest BCUT2D eigenvalue weighted by Gasteiger charge is 2.45. The van der Waals surface area contributed by atoms with Crippen molar-refractivity contribution in [2.75, 3.05) is 76.1 Å². The van der Waals surface area contributed by atoms with Gasteiger partial charge in [0.1, 0.15) is 35.4 Å². The quantitative estimate of drug-likeness (QED) is 0.177. The number of carbonyl (C=O) groups excluding carboxylic acids is 4. The third-order valence-corrected chi connectivity index (χ3v) is 13.6. The lowest BCUT2D eigenvalue weighted by Gasteiger charge is -2.42. The molecule has 326 valence electrons. The van der Waals surface area contributed by atoms with Crippen LogP contribution in [0.2, 0.25) is 0 Å². The molecule has 0 saturated carbocycles. The monoisotopic (exact) mass is 851 g/mol. The van der Waals surface area contributed by atoms with Crippen LogP contribution in [-0.2, 0) is 9.59 Å². The highest BCUT2D eigenvalue weighted by molar-refractivity contribution is 6.23. The van der Waals surface area contributed by atoms with Crippen molar-refractivity contribution in [2.45, 2.75) is 63.1 Å². The molecular weight excluding hydrogens is 799 g/mol. The number of likely N-dealkylation sites (tertiary alicyclic amines) is 2. The van der Waals surface area contributed by atoms with Crippen molar-refractivity contribution in [1.29, 1.82) is 0 Å². The SMILES string of the molecule is Nc1ncnc2c1c(-c1ccc(Oc3ccccc3)cc1)nn2[C@@H]1CCCN(C2CCN(CCCN3CCN(c4ccc5c(c4)C(=O)N(C4CCC(=O)NC4=O)C5=O)CC3)CC2)C1. The standard InChI is InChI=1S/C47H53N11O5/c48-43-41-42(31-9-12-36(13-10-31)63-35-7-2-1-3-8-35)52-58(44(41)50-30-49-43)34-6-4-21-56(29-34)32-17-22-53(23-18-32)19-5-20-54-24-26-55(27-25-54)33-11-14-37-38(28-33)47(62)57(46(37)61)39-15-16-40(59)51-45(39)60/h1-3,7-14,28,30,32,34,39H,4-6,15-27,29H2,(H2,48,49,50)(H,51,59,60)/t34-,39?/m1/s1. The van der Waals surface area contributed by atoms with Crippen molar-refractivity contribution in [3.05, 3.63) is 90.3 Å². The first-order valence-corrected chi connectivity index (χ1v) is 22.4. The average Bonchev–Trinajstić information content (AvgIpc) is 3.82. The lowest BCUT2D eigenvalue weighted by atomic mass is 9.98. The van der Waals surface area contributed by atoms with Crippen LogP contribution in [0.3, 0.4) is 0 Å². The van der Waals surface area contributed by atoms with Gasteiger partial charge in [-0.1, -0.05) is 18.2 Å². The summed E-state index contributed by atoms with van der Waals surface area (Å²) in [6.45, 7) is 9.86. The van der Waals surface area contributed by atoms with Gasteiger partial charge in [0.15, 0.2) is 5.65 Å². The Morgan fingerprint density at radius 1 is 0.730 bits per heavy atom. The summed E-state index contributed by atoms with van der Waals surface area (Å²) in [5.41, 5.74) is 10.5. The van der Waals surface area contributed by atoms with Crippen LogP contribution in [0, 0.1) is 0 Å². The van der Waals surface area contributed by atoms with Crippen molar-refractivity contribution in [3.8, 4) is 22.8 Å². The van der Waals surface area contributed by atoms with Crippen molar-refractivity contribution in [1.82, 2.24) is 44.7 Å². The van der Waals surface area contributed by atoms with Crippen LogP contribution in [0.1, 0.15) is 71.7 Å². The predicted molar refractivity (Wildman–Crippen MR) is 237 cm³/mol. The molecule has 2 atom stereocenters. The predicted octanol–water partition coefficient (Wildman–Crippen LogP) is 4.58. The van der Waals surface area contributed by atoms with Gasteiger partial charge in [0.2, 0.25) is 11.8 Å². The molecule has 2 aromatic heterocycles. The minimum absolute atomic E-state index is 0.101. The van der Waals surface area contributed by atoms with Crippen LogP contribution >= 0.6 is 0 Å². The summed E-state index contributed by atoms with van der Waals surface area (Å²) >= 11 is 0. The molecule has 0 aliphatic carbocycles. The summed E-state index contributed by atoms with van der Waals surface area (Å²) in [7, 11) is 0. The van der Waals surface area contributed by atoms with Gasteiger partial charge in [0.05, 0.1) is 22.6 Å². The zero-order valence-corrected chi connectivity index (χ0v) is 35.4. The number of anilines is 2. The average molecular weight is 852 g/mol. The Bertz CT molecular complexity index is 2510. The number of benzene rings is 3. The molecule has 4 amide bonds. The first-order valence-electron chi connectivity index (χ1n) is 22.4. The van der Waals surface area contributed by atoms with Gasteiger partial charge in [-0.25, -0.2) is 14.6 Å². The van der Waals surface area contributed by atoms with E-state index < -0.39 is 23.8 Å². The van der Waals surface area contributed by atoms with Crippen molar-refractivity contribution >= 4 is 46.2 Å². The summed E-state index contributed by atoms with van der Waals surface area (Å²) in [4.78, 5) is 70.8. The molecule has 3 aromatic carbocycles. The molecule has 4 fully saturated rings. The van der Waals surface area contributed by atoms with Gasteiger partial charge < -0.3 is 20.3 Å². The largest absolute Gasteiger partial charge is 0.457 e. The summed E-state index contributed by atoms with van der Waals surface area (Å²) in [5, 5.41) is 8.23. The molecular formula is C47H53N11O5. The van der Waals surface area contributed by atoms with E-state index in [2.05, 4.69) is 34.6 Å². The minimum Gasteiger partial charge on any atom is -0.457 e. The molecule has 10 rings (SSSR count). The van der Waals surface area contributed by atoms with Gasteiger partial charge in [-0.2, -0.15) is 5.10 Å². The summed E-state index contributed by atoms with van der Waals surface area (Å²) < 4.78 is 8.14. The van der Waals surface area contributed by atoms with Crippen LogP contribution in [0.15, 0.2) is 79.1 Å². The number of nitrogens with one attached hydrogen (secondary N) is 1. The minimum atomic E-state index is -0.962.